The molecule has 1 aliphatic rings. The molecule has 0 atom stereocenters. The Morgan fingerprint density at radius 2 is 1.97 bits per heavy atom. The molecule has 192 valence electrons. The molecule has 0 saturated heterocycles. The molecular weight excluding hydrogens is 619 g/mol. The smallest absolute Gasteiger partial charge is 0.358 e. The lowest BCUT2D eigenvalue weighted by atomic mass is 9.94. The summed E-state index contributed by atoms with van der Waals surface area (Å²) in [6.07, 6.45) is 3.72. The van der Waals surface area contributed by atoms with Crippen molar-refractivity contribution in [3.63, 3.8) is 0 Å². The SMILES string of the molecule is CCOC(=O)c1nc(N2CCc3cccc(C(=O)Nc4nc5ccccc5s4)c3C2)sc1CCCCI. The van der Waals surface area contributed by atoms with Gasteiger partial charge in [-0.25, -0.2) is 14.8 Å². The number of aryl methyl sites for hydroxylation is 1. The van der Waals surface area contributed by atoms with E-state index in [0.29, 0.717) is 29.5 Å². The number of unbranched alkanes of at least 4 members (excludes halogenated alkanes) is 1. The van der Waals surface area contributed by atoms with Crippen LogP contribution in [0.15, 0.2) is 42.5 Å². The fourth-order valence-corrected chi connectivity index (χ4v) is 6.94. The van der Waals surface area contributed by atoms with Gasteiger partial charge in [0.05, 0.1) is 16.8 Å². The molecule has 0 aliphatic carbocycles. The molecule has 37 heavy (non-hydrogen) atoms. The Balaban J connectivity index is 1.39. The summed E-state index contributed by atoms with van der Waals surface area (Å²) < 4.78 is 7.41. The van der Waals surface area contributed by atoms with E-state index in [2.05, 4.69) is 43.9 Å². The molecule has 7 nitrogen and oxygen atoms in total. The van der Waals surface area contributed by atoms with E-state index in [1.165, 1.54) is 11.3 Å². The minimum absolute atomic E-state index is 0.163. The van der Waals surface area contributed by atoms with Gasteiger partial charge in [-0.1, -0.05) is 58.2 Å². The minimum atomic E-state index is -0.359. The van der Waals surface area contributed by atoms with Crippen molar-refractivity contribution in [1.82, 2.24) is 9.97 Å². The first-order valence-corrected chi connectivity index (χ1v) is 15.5. The van der Waals surface area contributed by atoms with Crippen LogP contribution < -0.4 is 10.2 Å². The van der Waals surface area contributed by atoms with Crippen molar-refractivity contribution in [3.8, 4) is 0 Å². The number of para-hydroxylation sites is 1. The van der Waals surface area contributed by atoms with Crippen LogP contribution in [0.1, 0.15) is 56.6 Å². The molecule has 2 aromatic carbocycles. The molecule has 2 aromatic heterocycles. The van der Waals surface area contributed by atoms with Gasteiger partial charge in [-0.2, -0.15) is 0 Å². The van der Waals surface area contributed by atoms with Gasteiger partial charge in [0.2, 0.25) is 0 Å². The zero-order valence-electron chi connectivity index (χ0n) is 20.5. The van der Waals surface area contributed by atoms with E-state index >= 15 is 0 Å². The lowest BCUT2D eigenvalue weighted by Crippen LogP contribution is -2.32. The number of thiazole rings is 2. The summed E-state index contributed by atoms with van der Waals surface area (Å²) >= 11 is 5.41. The third-order valence-corrected chi connectivity index (χ3v) is 9.14. The number of hydrogen-bond donors (Lipinski definition) is 1. The number of esters is 1. The van der Waals surface area contributed by atoms with Gasteiger partial charge in [-0.05, 0) is 66.4 Å². The van der Waals surface area contributed by atoms with Gasteiger partial charge in [-0.3, -0.25) is 10.1 Å². The largest absolute Gasteiger partial charge is 0.461 e. The fourth-order valence-electron chi connectivity index (χ4n) is 4.43. The van der Waals surface area contributed by atoms with Crippen molar-refractivity contribution in [2.24, 2.45) is 0 Å². The van der Waals surface area contributed by atoms with E-state index in [9.17, 15) is 9.59 Å². The summed E-state index contributed by atoms with van der Waals surface area (Å²) in [5, 5.41) is 4.39. The summed E-state index contributed by atoms with van der Waals surface area (Å²) in [5.41, 5.74) is 4.11. The lowest BCUT2D eigenvalue weighted by molar-refractivity contribution is 0.0519. The molecule has 0 unspecified atom stereocenters. The highest BCUT2D eigenvalue weighted by atomic mass is 127. The average molecular weight is 647 g/mol. The van der Waals surface area contributed by atoms with Crippen molar-refractivity contribution in [3.05, 3.63) is 69.7 Å². The van der Waals surface area contributed by atoms with Crippen molar-refractivity contribution in [1.29, 1.82) is 0 Å². The molecule has 1 amide bonds. The summed E-state index contributed by atoms with van der Waals surface area (Å²) in [4.78, 5) is 38.4. The maximum Gasteiger partial charge on any atom is 0.358 e. The molecule has 4 aromatic rings. The zero-order chi connectivity index (χ0) is 25.8. The highest BCUT2D eigenvalue weighted by Gasteiger charge is 2.27. The quantitative estimate of drug-likeness (QED) is 0.0968. The van der Waals surface area contributed by atoms with Gasteiger partial charge >= 0.3 is 5.97 Å². The van der Waals surface area contributed by atoms with Crippen molar-refractivity contribution in [2.45, 2.75) is 39.2 Å². The second-order valence-corrected chi connectivity index (χ2v) is 11.9. The number of aromatic nitrogens is 2. The topological polar surface area (TPSA) is 84.4 Å². The molecule has 0 radical (unpaired) electrons. The van der Waals surface area contributed by atoms with Crippen LogP contribution in [0.3, 0.4) is 0 Å². The Bertz CT molecular complexity index is 1400. The molecule has 3 heterocycles. The monoisotopic (exact) mass is 646 g/mol. The molecular formula is C27H27IN4O3S2. The number of fused-ring (bicyclic) bond motifs is 2. The maximum atomic E-state index is 13.3. The molecule has 1 aliphatic heterocycles. The van der Waals surface area contributed by atoms with E-state index < -0.39 is 0 Å². The Morgan fingerprint density at radius 3 is 2.78 bits per heavy atom. The Hall–Kier alpha value is -2.57. The third kappa shape index (κ3) is 5.80. The van der Waals surface area contributed by atoms with Gasteiger partial charge in [0.15, 0.2) is 16.0 Å². The first-order chi connectivity index (χ1) is 18.1. The van der Waals surface area contributed by atoms with Gasteiger partial charge in [0, 0.05) is 23.5 Å². The number of amides is 1. The number of carbonyl (C=O) groups excluding carboxylic acids is 2. The van der Waals surface area contributed by atoms with Crippen LogP contribution in [0.4, 0.5) is 10.3 Å². The highest BCUT2D eigenvalue weighted by Crippen LogP contribution is 2.33. The number of alkyl halides is 1. The van der Waals surface area contributed by atoms with Crippen LogP contribution in [0.2, 0.25) is 0 Å². The summed E-state index contributed by atoms with van der Waals surface area (Å²) in [5.74, 6) is -0.522. The van der Waals surface area contributed by atoms with Gasteiger partial charge in [0.25, 0.3) is 5.91 Å². The predicted molar refractivity (Wildman–Crippen MR) is 159 cm³/mol. The van der Waals surface area contributed by atoms with Crippen LogP contribution in [0.25, 0.3) is 10.2 Å². The molecule has 0 spiro atoms. The van der Waals surface area contributed by atoms with Crippen LogP contribution in [-0.2, 0) is 24.1 Å². The molecule has 0 fully saturated rings. The van der Waals surface area contributed by atoms with E-state index in [1.807, 2.05) is 43.3 Å². The summed E-state index contributed by atoms with van der Waals surface area (Å²) in [6, 6.07) is 13.7. The summed E-state index contributed by atoms with van der Waals surface area (Å²) in [6.45, 7) is 3.47. The van der Waals surface area contributed by atoms with E-state index in [1.54, 1.807) is 11.3 Å². The number of anilines is 2. The third-order valence-electron chi connectivity index (χ3n) is 6.24. The zero-order valence-corrected chi connectivity index (χ0v) is 24.2. The van der Waals surface area contributed by atoms with E-state index in [4.69, 9.17) is 9.72 Å². The molecule has 10 heteroatoms. The first-order valence-electron chi connectivity index (χ1n) is 12.3. The summed E-state index contributed by atoms with van der Waals surface area (Å²) in [7, 11) is 0. The maximum absolute atomic E-state index is 13.3. The lowest BCUT2D eigenvalue weighted by Gasteiger charge is -2.29. The number of benzene rings is 2. The second kappa shape index (κ2) is 11.9. The predicted octanol–water partition coefficient (Wildman–Crippen LogP) is 6.50. The fraction of sp³-hybridized carbons (Fsp3) is 0.333. The van der Waals surface area contributed by atoms with E-state index in [-0.39, 0.29) is 11.9 Å². The number of ether oxygens (including phenoxy) is 1. The van der Waals surface area contributed by atoms with Crippen LogP contribution in [0, 0.1) is 0 Å². The molecule has 5 rings (SSSR count). The van der Waals surface area contributed by atoms with E-state index in [0.717, 1.165) is 68.0 Å². The van der Waals surface area contributed by atoms with Gasteiger partial charge < -0.3 is 9.64 Å². The average Bonchev–Trinajstić information content (AvgIpc) is 3.52. The van der Waals surface area contributed by atoms with Gasteiger partial charge in [-0.15, -0.1) is 11.3 Å². The number of nitrogens with one attached hydrogen (secondary N) is 1. The normalized spacial score (nSPS) is 13.0. The number of carbonyl (C=O) groups is 2. The number of rotatable bonds is 9. The Kier molecular flexibility index (Phi) is 8.36. The second-order valence-electron chi connectivity index (χ2n) is 8.69. The van der Waals surface area contributed by atoms with Crippen LogP contribution in [0.5, 0.6) is 0 Å². The van der Waals surface area contributed by atoms with Crippen LogP contribution >= 0.6 is 45.3 Å². The van der Waals surface area contributed by atoms with Gasteiger partial charge in [0.1, 0.15) is 0 Å². The number of hydrogen-bond acceptors (Lipinski definition) is 8. The van der Waals surface area contributed by atoms with Crippen LogP contribution in [-0.4, -0.2) is 39.4 Å². The van der Waals surface area contributed by atoms with Crippen molar-refractivity contribution < 1.29 is 14.3 Å². The van der Waals surface area contributed by atoms with Crippen molar-refractivity contribution in [2.75, 3.05) is 27.8 Å². The molecule has 0 bridgehead atoms. The molecule has 1 N–H and O–H groups in total. The molecule has 0 saturated carbocycles. The number of halogens is 1. The standard InChI is InChI=1S/C27H27IN4O3S2/c1-2-35-25(34)23-22(12-5-6-14-28)37-27(30-23)32-15-13-17-8-7-9-18(19(17)16-32)24(33)31-26-29-20-10-3-4-11-21(20)36-26/h3-4,7-11H,2,5-6,12-16H2,1H3,(H,29,31,33). The Labute approximate surface area is 237 Å². The first kappa shape index (κ1) is 26.1. The van der Waals surface area contributed by atoms with Crippen molar-refractivity contribution >= 4 is 77.6 Å². The minimum Gasteiger partial charge on any atom is -0.461 e. The highest BCUT2D eigenvalue weighted by molar-refractivity contribution is 14.1. The number of nitrogens with zero attached hydrogens (tertiary/aromatic N) is 3. The Morgan fingerprint density at radius 1 is 1.11 bits per heavy atom.